The predicted molar refractivity (Wildman–Crippen MR) is 143 cm³/mol. The van der Waals surface area contributed by atoms with Gasteiger partial charge in [0.1, 0.15) is 6.04 Å². The average molecular weight is 541 g/mol. The Hall–Kier alpha value is -3.28. The van der Waals surface area contributed by atoms with Crippen molar-refractivity contribution in [2.24, 2.45) is 4.99 Å². The Morgan fingerprint density at radius 2 is 1.65 bits per heavy atom. The molecule has 1 saturated heterocycles. The number of para-hydroxylation sites is 1. The molecule has 0 radical (unpaired) electrons. The topological polar surface area (TPSA) is 84.1 Å². The van der Waals surface area contributed by atoms with Crippen molar-refractivity contribution in [1.82, 2.24) is 4.90 Å². The van der Waals surface area contributed by atoms with Gasteiger partial charge in [-0.15, -0.1) is 5.69 Å². The number of benzene rings is 3. The number of likely N-dealkylation sites (tertiary alicyclic amines) is 1. The van der Waals surface area contributed by atoms with Crippen LogP contribution in [-0.2, 0) is 32.6 Å². The summed E-state index contributed by atoms with van der Waals surface area (Å²) in [6, 6.07) is 25.9. The van der Waals surface area contributed by atoms with Gasteiger partial charge in [0.15, 0.2) is 0 Å². The van der Waals surface area contributed by atoms with Crippen molar-refractivity contribution < 1.29 is 31.2 Å². The van der Waals surface area contributed by atoms with E-state index >= 15 is 0 Å². The van der Waals surface area contributed by atoms with E-state index in [-0.39, 0.29) is 28.4 Å². The summed E-state index contributed by atoms with van der Waals surface area (Å²) in [5.41, 5.74) is 3.67. The minimum absolute atomic E-state index is 0. The third kappa shape index (κ3) is 7.37. The summed E-state index contributed by atoms with van der Waals surface area (Å²) in [5, 5.41) is 14.3. The number of hydrogen-bond acceptors (Lipinski definition) is 4. The Kier molecular flexibility index (Phi) is 10.6. The third-order valence-corrected chi connectivity index (χ3v) is 6.45. The smallest absolute Gasteiger partial charge is 0.328 e. The van der Waals surface area contributed by atoms with Gasteiger partial charge in [-0.05, 0) is 36.9 Å². The number of carboxylic acid groups (broad SMARTS) is 1. The van der Waals surface area contributed by atoms with E-state index in [1.807, 2.05) is 73.7 Å². The first kappa shape index (κ1) is 28.3. The summed E-state index contributed by atoms with van der Waals surface area (Å²) in [4.78, 5) is 32.2. The van der Waals surface area contributed by atoms with E-state index in [0.717, 1.165) is 24.9 Å². The summed E-state index contributed by atoms with van der Waals surface area (Å²) < 4.78 is 0. The SMILES string of the molecule is CCC[C@H](N=C(c1ccccc1)c1ccccc1[N-]C(=O)[C@@H]1CCCN1Cc1ccccc1)C(=O)O.[Ni]. The van der Waals surface area contributed by atoms with Gasteiger partial charge in [0.25, 0.3) is 0 Å². The van der Waals surface area contributed by atoms with Crippen molar-refractivity contribution in [2.75, 3.05) is 6.54 Å². The molecule has 0 aromatic heterocycles. The molecular formula is C30H32N3NiO3-. The van der Waals surface area contributed by atoms with Gasteiger partial charge in [-0.25, -0.2) is 4.79 Å². The fourth-order valence-electron chi connectivity index (χ4n) is 4.65. The molecule has 3 aromatic carbocycles. The fourth-order valence-corrected chi connectivity index (χ4v) is 4.65. The molecule has 4 rings (SSSR count). The van der Waals surface area contributed by atoms with Crippen LogP contribution in [0.3, 0.4) is 0 Å². The van der Waals surface area contributed by atoms with E-state index in [9.17, 15) is 14.7 Å². The van der Waals surface area contributed by atoms with Crippen LogP contribution in [0.25, 0.3) is 5.32 Å². The van der Waals surface area contributed by atoms with Crippen molar-refractivity contribution in [3.05, 3.63) is 107 Å². The zero-order valence-corrected chi connectivity index (χ0v) is 21.9. The maximum atomic E-state index is 13.4. The largest absolute Gasteiger partial charge is 0.625 e. The Bertz CT molecular complexity index is 1200. The molecule has 1 aliphatic rings. The molecule has 0 spiro atoms. The van der Waals surface area contributed by atoms with E-state index < -0.39 is 12.0 Å². The second-order valence-electron chi connectivity index (χ2n) is 9.07. The second kappa shape index (κ2) is 13.9. The van der Waals surface area contributed by atoms with Crippen LogP contribution in [0.2, 0.25) is 0 Å². The first-order valence-electron chi connectivity index (χ1n) is 12.6. The van der Waals surface area contributed by atoms with Crippen molar-refractivity contribution in [3.63, 3.8) is 0 Å². The number of carbonyl (C=O) groups is 2. The number of amides is 1. The van der Waals surface area contributed by atoms with Crippen molar-refractivity contribution >= 4 is 23.3 Å². The molecule has 1 fully saturated rings. The second-order valence-corrected chi connectivity index (χ2v) is 9.07. The molecule has 196 valence electrons. The molecule has 6 nitrogen and oxygen atoms in total. The Labute approximate surface area is 228 Å². The molecule has 1 heterocycles. The molecule has 3 aromatic rings. The van der Waals surface area contributed by atoms with Gasteiger partial charge in [-0.2, -0.15) is 0 Å². The van der Waals surface area contributed by atoms with Gasteiger partial charge in [-0.3, -0.25) is 9.89 Å². The number of aliphatic carboxylic acids is 1. The Morgan fingerprint density at radius 3 is 2.32 bits per heavy atom. The van der Waals surface area contributed by atoms with E-state index in [2.05, 4.69) is 27.3 Å². The van der Waals surface area contributed by atoms with E-state index in [4.69, 9.17) is 0 Å². The Morgan fingerprint density at radius 1 is 1.00 bits per heavy atom. The number of carboxylic acids is 1. The fraction of sp³-hybridized carbons (Fsp3) is 0.300. The average Bonchev–Trinajstić information content (AvgIpc) is 3.36. The summed E-state index contributed by atoms with van der Waals surface area (Å²) in [6.45, 7) is 3.51. The van der Waals surface area contributed by atoms with Crippen molar-refractivity contribution in [2.45, 2.75) is 51.2 Å². The normalized spacial score (nSPS) is 16.6. The van der Waals surface area contributed by atoms with Crippen LogP contribution in [0.5, 0.6) is 0 Å². The molecule has 0 saturated carbocycles. The molecule has 37 heavy (non-hydrogen) atoms. The van der Waals surface area contributed by atoms with Crippen LogP contribution in [0.1, 0.15) is 49.3 Å². The third-order valence-electron chi connectivity index (χ3n) is 6.45. The standard InChI is InChI=1S/C30H33N3O3.Ni/c1-2-12-26(30(35)36)31-28(23-15-7-4-8-16-23)24-17-9-10-18-25(24)32-29(34)27-19-11-20-33(27)21-22-13-5-3-6-14-22;/h3-10,13-18,26-27H,2,11-12,19-21H2,1H3,(H2,31,32,34,35,36);/p-1/t26-,27-;/m0./s1. The van der Waals surface area contributed by atoms with Crippen LogP contribution >= 0.6 is 0 Å². The molecule has 0 aliphatic carbocycles. The summed E-state index contributed by atoms with van der Waals surface area (Å²) in [7, 11) is 0. The minimum Gasteiger partial charge on any atom is -0.625 e. The Balaban J connectivity index is 0.00000380. The zero-order valence-electron chi connectivity index (χ0n) is 20.9. The van der Waals surface area contributed by atoms with E-state index in [0.29, 0.717) is 36.3 Å². The summed E-state index contributed by atoms with van der Waals surface area (Å²) >= 11 is 0. The quantitative estimate of drug-likeness (QED) is 0.253. The molecule has 0 bridgehead atoms. The maximum Gasteiger partial charge on any atom is 0.328 e. The molecule has 1 N–H and O–H groups in total. The molecular weight excluding hydrogens is 509 g/mol. The van der Waals surface area contributed by atoms with E-state index in [1.165, 1.54) is 5.56 Å². The molecule has 1 amide bonds. The first-order chi connectivity index (χ1) is 17.6. The van der Waals surface area contributed by atoms with Crippen LogP contribution in [-0.4, -0.2) is 46.2 Å². The van der Waals surface area contributed by atoms with Gasteiger partial charge in [0, 0.05) is 28.6 Å². The van der Waals surface area contributed by atoms with Crippen LogP contribution < -0.4 is 0 Å². The number of rotatable bonds is 10. The van der Waals surface area contributed by atoms with Gasteiger partial charge in [0.2, 0.25) is 0 Å². The minimum atomic E-state index is -0.960. The van der Waals surface area contributed by atoms with Crippen LogP contribution in [0.15, 0.2) is 89.9 Å². The molecule has 7 heteroatoms. The van der Waals surface area contributed by atoms with E-state index in [1.54, 1.807) is 6.07 Å². The summed E-state index contributed by atoms with van der Waals surface area (Å²) in [5.74, 6) is -1.13. The van der Waals surface area contributed by atoms with Gasteiger partial charge in [0.05, 0.1) is 17.7 Å². The van der Waals surface area contributed by atoms with Gasteiger partial charge in [-0.1, -0.05) is 98.3 Å². The number of carbonyl (C=O) groups excluding carboxylic acids is 1. The van der Waals surface area contributed by atoms with Crippen molar-refractivity contribution in [3.8, 4) is 0 Å². The van der Waals surface area contributed by atoms with Gasteiger partial charge < -0.3 is 15.2 Å². The number of aliphatic imine (C=N–C) groups is 1. The molecule has 2 atom stereocenters. The maximum absolute atomic E-state index is 13.4. The summed E-state index contributed by atoms with van der Waals surface area (Å²) in [6.07, 6.45) is 2.86. The predicted octanol–water partition coefficient (Wildman–Crippen LogP) is 5.97. The number of hydrogen-bond donors (Lipinski definition) is 1. The zero-order chi connectivity index (χ0) is 25.3. The monoisotopic (exact) mass is 540 g/mol. The molecule has 0 unspecified atom stereocenters. The van der Waals surface area contributed by atoms with Crippen LogP contribution in [0, 0.1) is 0 Å². The van der Waals surface area contributed by atoms with Crippen LogP contribution in [0.4, 0.5) is 5.69 Å². The van der Waals surface area contributed by atoms with Crippen molar-refractivity contribution in [1.29, 1.82) is 0 Å². The molecule has 1 aliphatic heterocycles. The first-order valence-corrected chi connectivity index (χ1v) is 12.6. The number of nitrogens with zero attached hydrogens (tertiary/aromatic N) is 3. The van der Waals surface area contributed by atoms with Gasteiger partial charge >= 0.3 is 5.97 Å².